The van der Waals surface area contributed by atoms with Crippen LogP contribution in [-0.4, -0.2) is 46.4 Å². The third kappa shape index (κ3) is 4.56. The Bertz CT molecular complexity index is 1360. The van der Waals surface area contributed by atoms with Crippen molar-refractivity contribution in [2.24, 2.45) is 0 Å². The Morgan fingerprint density at radius 2 is 1.76 bits per heavy atom. The monoisotopic (exact) mass is 451 g/mol. The van der Waals surface area contributed by atoms with Crippen LogP contribution < -0.4 is 30.0 Å². The molecule has 1 amide bonds. The molecule has 2 aromatic heterocycles. The van der Waals surface area contributed by atoms with Gasteiger partial charge in [0.1, 0.15) is 29.5 Å². The zero-order chi connectivity index (χ0) is 23.4. The molecule has 0 bridgehead atoms. The van der Waals surface area contributed by atoms with Crippen LogP contribution in [0, 0.1) is 0 Å². The van der Waals surface area contributed by atoms with Gasteiger partial charge in [0.15, 0.2) is 0 Å². The smallest absolute Gasteiger partial charge is 0.351 e. The summed E-state index contributed by atoms with van der Waals surface area (Å²) < 4.78 is 23.7. The minimum atomic E-state index is -0.518. The number of aromatic nitrogens is 4. The minimum absolute atomic E-state index is 0.108. The second kappa shape index (κ2) is 9.30. The zero-order valence-corrected chi connectivity index (χ0v) is 18.1. The number of hydrogen-bond donors (Lipinski definition) is 1. The predicted molar refractivity (Wildman–Crippen MR) is 118 cm³/mol. The van der Waals surface area contributed by atoms with E-state index in [0.29, 0.717) is 28.7 Å². The molecule has 0 aliphatic rings. The first-order valence-electron chi connectivity index (χ1n) is 9.80. The van der Waals surface area contributed by atoms with Gasteiger partial charge < -0.3 is 24.3 Å². The van der Waals surface area contributed by atoms with Crippen LogP contribution >= 0.6 is 0 Å². The Hall–Kier alpha value is -4.54. The SMILES string of the molecule is COc1cccc(Oc2nccn3c(=O)n(CC(=O)Nc4cc(OC)ccc4OC)nc23)c1. The normalized spacial score (nSPS) is 10.6. The Labute approximate surface area is 188 Å². The van der Waals surface area contributed by atoms with Crippen LogP contribution in [0.5, 0.6) is 28.9 Å². The summed E-state index contributed by atoms with van der Waals surface area (Å²) in [6, 6.07) is 11.9. The third-order valence-electron chi connectivity index (χ3n) is 4.70. The first-order chi connectivity index (χ1) is 16.0. The molecule has 2 heterocycles. The van der Waals surface area contributed by atoms with E-state index in [1.807, 2.05) is 0 Å². The highest BCUT2D eigenvalue weighted by molar-refractivity contribution is 5.92. The highest BCUT2D eigenvalue weighted by Gasteiger charge is 2.17. The number of rotatable bonds is 8. The lowest BCUT2D eigenvalue weighted by Crippen LogP contribution is -2.28. The summed E-state index contributed by atoms with van der Waals surface area (Å²) in [6.07, 6.45) is 2.86. The number of nitrogens with one attached hydrogen (secondary N) is 1. The molecule has 1 N–H and O–H groups in total. The van der Waals surface area contributed by atoms with E-state index in [1.165, 1.54) is 31.0 Å². The number of carbonyl (C=O) groups excluding carboxylic acids is 1. The van der Waals surface area contributed by atoms with E-state index in [-0.39, 0.29) is 18.1 Å². The van der Waals surface area contributed by atoms with Crippen molar-refractivity contribution in [3.05, 3.63) is 65.3 Å². The van der Waals surface area contributed by atoms with E-state index < -0.39 is 11.6 Å². The average Bonchev–Trinajstić information content (AvgIpc) is 3.15. The molecule has 0 aliphatic carbocycles. The molecule has 0 fully saturated rings. The molecule has 0 saturated carbocycles. The number of fused-ring (bicyclic) bond motifs is 1. The molecule has 170 valence electrons. The third-order valence-corrected chi connectivity index (χ3v) is 4.70. The topological polar surface area (TPSA) is 118 Å². The van der Waals surface area contributed by atoms with Crippen molar-refractivity contribution in [3.8, 4) is 28.9 Å². The lowest BCUT2D eigenvalue weighted by atomic mass is 10.2. The second-order valence-corrected chi connectivity index (χ2v) is 6.76. The van der Waals surface area contributed by atoms with Gasteiger partial charge >= 0.3 is 5.69 Å². The first kappa shape index (κ1) is 21.7. The maximum atomic E-state index is 12.8. The van der Waals surface area contributed by atoms with Crippen molar-refractivity contribution in [3.63, 3.8) is 0 Å². The molecular formula is C22H21N5O6. The Morgan fingerprint density at radius 3 is 2.52 bits per heavy atom. The maximum absolute atomic E-state index is 12.8. The van der Waals surface area contributed by atoms with Gasteiger partial charge in [0.25, 0.3) is 5.88 Å². The Kier molecular flexibility index (Phi) is 6.11. The summed E-state index contributed by atoms with van der Waals surface area (Å²) >= 11 is 0. The quantitative estimate of drug-likeness (QED) is 0.434. The number of ether oxygens (including phenoxy) is 4. The van der Waals surface area contributed by atoms with Crippen LogP contribution in [-0.2, 0) is 11.3 Å². The molecular weight excluding hydrogens is 430 g/mol. The van der Waals surface area contributed by atoms with Crippen LogP contribution in [0.25, 0.3) is 5.65 Å². The summed E-state index contributed by atoms with van der Waals surface area (Å²) in [5.41, 5.74) is 0.0510. The largest absolute Gasteiger partial charge is 0.497 e. The van der Waals surface area contributed by atoms with Gasteiger partial charge in [-0.15, -0.1) is 5.10 Å². The molecule has 0 unspecified atom stereocenters. The van der Waals surface area contributed by atoms with E-state index in [9.17, 15) is 9.59 Å². The lowest BCUT2D eigenvalue weighted by Gasteiger charge is -2.11. The van der Waals surface area contributed by atoms with Crippen molar-refractivity contribution in [2.45, 2.75) is 6.54 Å². The first-order valence-corrected chi connectivity index (χ1v) is 9.80. The van der Waals surface area contributed by atoms with E-state index in [2.05, 4.69) is 15.4 Å². The summed E-state index contributed by atoms with van der Waals surface area (Å²) in [7, 11) is 4.55. The van der Waals surface area contributed by atoms with Gasteiger partial charge in [-0.1, -0.05) is 6.07 Å². The van der Waals surface area contributed by atoms with Crippen LogP contribution in [0.4, 0.5) is 5.69 Å². The zero-order valence-electron chi connectivity index (χ0n) is 18.1. The van der Waals surface area contributed by atoms with Gasteiger partial charge in [-0.25, -0.2) is 18.9 Å². The van der Waals surface area contributed by atoms with Crippen LogP contribution in [0.1, 0.15) is 0 Å². The molecule has 11 heteroatoms. The standard InChI is InChI=1S/C22H21N5O6/c1-30-14-5-4-6-16(11-14)33-21-20-25-27(22(29)26(20)10-9-23-21)13-19(28)24-17-12-15(31-2)7-8-18(17)32-3/h4-12H,13H2,1-3H3,(H,24,28). The van der Waals surface area contributed by atoms with Crippen LogP contribution in [0.2, 0.25) is 0 Å². The highest BCUT2D eigenvalue weighted by Crippen LogP contribution is 2.29. The average molecular weight is 451 g/mol. The van der Waals surface area contributed by atoms with Gasteiger partial charge in [0, 0.05) is 24.5 Å². The van der Waals surface area contributed by atoms with E-state index in [4.69, 9.17) is 18.9 Å². The lowest BCUT2D eigenvalue weighted by molar-refractivity contribution is -0.117. The van der Waals surface area contributed by atoms with Gasteiger partial charge in [-0.3, -0.25) is 4.79 Å². The fourth-order valence-corrected chi connectivity index (χ4v) is 3.11. The number of nitrogens with zero attached hydrogens (tertiary/aromatic N) is 4. The molecule has 0 atom stereocenters. The van der Waals surface area contributed by atoms with Gasteiger partial charge in [-0.2, -0.15) is 0 Å². The summed E-state index contributed by atoms with van der Waals surface area (Å²) in [5, 5.41) is 6.95. The van der Waals surface area contributed by atoms with Crippen molar-refractivity contribution in [2.75, 3.05) is 26.6 Å². The van der Waals surface area contributed by atoms with Crippen molar-refractivity contribution in [1.82, 2.24) is 19.2 Å². The fraction of sp³-hybridized carbons (Fsp3) is 0.182. The van der Waals surface area contributed by atoms with E-state index >= 15 is 0 Å². The van der Waals surface area contributed by atoms with Crippen LogP contribution in [0.15, 0.2) is 59.7 Å². The van der Waals surface area contributed by atoms with Crippen molar-refractivity contribution < 1.29 is 23.7 Å². The van der Waals surface area contributed by atoms with Crippen LogP contribution in [0.3, 0.4) is 0 Å². The fourth-order valence-electron chi connectivity index (χ4n) is 3.11. The minimum Gasteiger partial charge on any atom is -0.497 e. The molecule has 0 radical (unpaired) electrons. The number of amides is 1. The van der Waals surface area contributed by atoms with Crippen molar-refractivity contribution in [1.29, 1.82) is 0 Å². The van der Waals surface area contributed by atoms with Gasteiger partial charge in [0.2, 0.25) is 11.6 Å². The number of anilines is 1. The molecule has 4 aromatic rings. The maximum Gasteiger partial charge on any atom is 0.351 e. The molecule has 2 aromatic carbocycles. The molecule has 0 saturated heterocycles. The number of hydrogen-bond acceptors (Lipinski definition) is 8. The molecule has 4 rings (SSSR count). The van der Waals surface area contributed by atoms with E-state index in [1.54, 1.807) is 49.6 Å². The molecule has 11 nitrogen and oxygen atoms in total. The second-order valence-electron chi connectivity index (χ2n) is 6.76. The number of carbonyl (C=O) groups is 1. The predicted octanol–water partition coefficient (Wildman–Crippen LogP) is 2.35. The molecule has 33 heavy (non-hydrogen) atoms. The number of benzene rings is 2. The van der Waals surface area contributed by atoms with E-state index in [0.717, 1.165) is 4.68 Å². The molecule has 0 aliphatic heterocycles. The van der Waals surface area contributed by atoms with Gasteiger partial charge in [0.05, 0.1) is 27.0 Å². The van der Waals surface area contributed by atoms with Crippen molar-refractivity contribution >= 4 is 17.2 Å². The molecule has 0 spiro atoms. The Morgan fingerprint density at radius 1 is 1.00 bits per heavy atom. The Balaban J connectivity index is 1.59. The number of methoxy groups -OCH3 is 3. The summed E-state index contributed by atoms with van der Waals surface area (Å²) in [4.78, 5) is 29.6. The summed E-state index contributed by atoms with van der Waals surface area (Å²) in [6.45, 7) is -0.334. The summed E-state index contributed by atoms with van der Waals surface area (Å²) in [5.74, 6) is 1.68. The van der Waals surface area contributed by atoms with Gasteiger partial charge in [-0.05, 0) is 24.3 Å². The highest BCUT2D eigenvalue weighted by atomic mass is 16.5.